The first kappa shape index (κ1) is 12.7. The molecule has 1 aromatic rings. The molecule has 2 saturated carbocycles. The predicted molar refractivity (Wildman–Crippen MR) is 77.9 cm³/mol. The lowest BCUT2D eigenvalue weighted by Crippen LogP contribution is -2.11. The quantitative estimate of drug-likeness (QED) is 0.867. The van der Waals surface area contributed by atoms with E-state index in [2.05, 4.69) is 34.1 Å². The highest BCUT2D eigenvalue weighted by Gasteiger charge is 2.40. The van der Waals surface area contributed by atoms with Crippen molar-refractivity contribution in [3.8, 4) is 0 Å². The van der Waals surface area contributed by atoms with Gasteiger partial charge in [0, 0.05) is 10.9 Å². The monoisotopic (exact) mass is 308 g/mol. The van der Waals surface area contributed by atoms with Crippen LogP contribution in [0.3, 0.4) is 0 Å². The maximum Gasteiger partial charge on any atom is 0.0690 e. The van der Waals surface area contributed by atoms with E-state index in [4.69, 9.17) is 0 Å². The SMILES string of the molecule is OC1(Cc2ccc(C3CCCCC3)c(Br)c2)CC1. The van der Waals surface area contributed by atoms with E-state index < -0.39 is 0 Å². The van der Waals surface area contributed by atoms with Crippen LogP contribution in [0.4, 0.5) is 0 Å². The molecule has 98 valence electrons. The number of halogens is 1. The van der Waals surface area contributed by atoms with Gasteiger partial charge in [-0.3, -0.25) is 0 Å². The molecule has 0 saturated heterocycles. The summed E-state index contributed by atoms with van der Waals surface area (Å²) in [6.45, 7) is 0. The molecule has 1 nitrogen and oxygen atoms in total. The highest BCUT2D eigenvalue weighted by Crippen LogP contribution is 2.40. The van der Waals surface area contributed by atoms with Gasteiger partial charge < -0.3 is 5.11 Å². The molecule has 1 N–H and O–H groups in total. The van der Waals surface area contributed by atoms with E-state index in [0.29, 0.717) is 0 Å². The molecular formula is C16H21BrO. The van der Waals surface area contributed by atoms with E-state index in [-0.39, 0.29) is 5.60 Å². The summed E-state index contributed by atoms with van der Waals surface area (Å²) in [6, 6.07) is 6.71. The Hall–Kier alpha value is -0.340. The third kappa shape index (κ3) is 2.80. The summed E-state index contributed by atoms with van der Waals surface area (Å²) in [6.07, 6.45) is 9.57. The molecule has 2 heteroatoms. The molecule has 0 aromatic heterocycles. The minimum absolute atomic E-state index is 0.383. The van der Waals surface area contributed by atoms with Crippen molar-refractivity contribution in [2.75, 3.05) is 0 Å². The zero-order valence-corrected chi connectivity index (χ0v) is 12.4. The van der Waals surface area contributed by atoms with Crippen molar-refractivity contribution in [2.45, 2.75) is 62.9 Å². The van der Waals surface area contributed by atoms with Gasteiger partial charge in [-0.05, 0) is 48.8 Å². The van der Waals surface area contributed by atoms with Gasteiger partial charge in [-0.15, -0.1) is 0 Å². The van der Waals surface area contributed by atoms with Crippen LogP contribution < -0.4 is 0 Å². The highest BCUT2D eigenvalue weighted by molar-refractivity contribution is 9.10. The molecule has 0 heterocycles. The van der Waals surface area contributed by atoms with E-state index >= 15 is 0 Å². The molecule has 0 radical (unpaired) electrons. The molecule has 0 spiro atoms. The molecule has 3 rings (SSSR count). The fourth-order valence-electron chi connectivity index (χ4n) is 3.13. The van der Waals surface area contributed by atoms with Crippen molar-refractivity contribution >= 4 is 15.9 Å². The summed E-state index contributed by atoms with van der Waals surface area (Å²) >= 11 is 3.73. The lowest BCUT2D eigenvalue weighted by molar-refractivity contribution is 0.151. The van der Waals surface area contributed by atoms with Gasteiger partial charge in [0.2, 0.25) is 0 Å². The number of rotatable bonds is 3. The Balaban J connectivity index is 1.75. The summed E-state index contributed by atoms with van der Waals surface area (Å²) in [4.78, 5) is 0. The van der Waals surface area contributed by atoms with Crippen LogP contribution in [0, 0.1) is 0 Å². The Bertz CT molecular complexity index is 431. The molecule has 18 heavy (non-hydrogen) atoms. The lowest BCUT2D eigenvalue weighted by Gasteiger charge is -2.23. The third-order valence-electron chi connectivity index (χ3n) is 4.47. The summed E-state index contributed by atoms with van der Waals surface area (Å²) in [5.41, 5.74) is 2.36. The Kier molecular flexibility index (Phi) is 3.50. The third-order valence-corrected chi connectivity index (χ3v) is 5.16. The first-order chi connectivity index (χ1) is 8.66. The van der Waals surface area contributed by atoms with Crippen molar-refractivity contribution < 1.29 is 5.11 Å². The van der Waals surface area contributed by atoms with Crippen molar-refractivity contribution in [2.24, 2.45) is 0 Å². The number of aliphatic hydroxyl groups is 1. The summed E-state index contributed by atoms with van der Waals surface area (Å²) < 4.78 is 1.25. The van der Waals surface area contributed by atoms with Crippen molar-refractivity contribution in [3.63, 3.8) is 0 Å². The second kappa shape index (κ2) is 4.97. The van der Waals surface area contributed by atoms with Gasteiger partial charge in [-0.1, -0.05) is 47.3 Å². The van der Waals surface area contributed by atoms with Crippen LogP contribution in [-0.2, 0) is 6.42 Å². The fraction of sp³-hybridized carbons (Fsp3) is 0.625. The van der Waals surface area contributed by atoms with Gasteiger partial charge in [-0.25, -0.2) is 0 Å². The highest BCUT2D eigenvalue weighted by atomic mass is 79.9. The summed E-state index contributed by atoms with van der Waals surface area (Å²) in [5, 5.41) is 9.98. The Morgan fingerprint density at radius 3 is 2.50 bits per heavy atom. The largest absolute Gasteiger partial charge is 0.390 e. The van der Waals surface area contributed by atoms with Gasteiger partial charge in [-0.2, -0.15) is 0 Å². The topological polar surface area (TPSA) is 20.2 Å². The minimum atomic E-state index is -0.383. The second-order valence-electron chi connectivity index (χ2n) is 6.09. The van der Waals surface area contributed by atoms with Crippen LogP contribution in [0.15, 0.2) is 22.7 Å². The minimum Gasteiger partial charge on any atom is -0.390 e. The van der Waals surface area contributed by atoms with Crippen LogP contribution >= 0.6 is 15.9 Å². The van der Waals surface area contributed by atoms with Crippen LogP contribution in [0.1, 0.15) is 62.0 Å². The molecule has 2 aliphatic rings. The van der Waals surface area contributed by atoms with Gasteiger partial charge in [0.25, 0.3) is 0 Å². The van der Waals surface area contributed by atoms with E-state index in [1.165, 1.54) is 47.7 Å². The Morgan fingerprint density at radius 1 is 1.17 bits per heavy atom. The zero-order chi connectivity index (χ0) is 12.6. The average Bonchev–Trinajstić information content (AvgIpc) is 3.08. The molecule has 0 bridgehead atoms. The normalized spacial score (nSPS) is 23.0. The Morgan fingerprint density at radius 2 is 1.89 bits per heavy atom. The van der Waals surface area contributed by atoms with Crippen molar-refractivity contribution in [1.29, 1.82) is 0 Å². The summed E-state index contributed by atoms with van der Waals surface area (Å²) in [7, 11) is 0. The van der Waals surface area contributed by atoms with E-state index in [1.54, 1.807) is 0 Å². The van der Waals surface area contributed by atoms with E-state index in [0.717, 1.165) is 25.2 Å². The van der Waals surface area contributed by atoms with Gasteiger partial charge in [0.15, 0.2) is 0 Å². The van der Waals surface area contributed by atoms with Crippen LogP contribution in [0.25, 0.3) is 0 Å². The molecule has 0 amide bonds. The second-order valence-corrected chi connectivity index (χ2v) is 6.95. The molecule has 2 fully saturated rings. The first-order valence-corrected chi connectivity index (χ1v) is 7.96. The predicted octanol–water partition coefficient (Wildman–Crippen LogP) is 4.56. The summed E-state index contributed by atoms with van der Waals surface area (Å²) in [5.74, 6) is 0.742. The molecule has 0 aliphatic heterocycles. The first-order valence-electron chi connectivity index (χ1n) is 7.17. The Labute approximate surface area is 118 Å². The van der Waals surface area contributed by atoms with Crippen LogP contribution in [0.5, 0.6) is 0 Å². The maximum absolute atomic E-state index is 9.98. The van der Waals surface area contributed by atoms with Crippen LogP contribution in [0.2, 0.25) is 0 Å². The fourth-order valence-corrected chi connectivity index (χ4v) is 3.88. The maximum atomic E-state index is 9.98. The standard InChI is InChI=1S/C16H21BrO/c17-15-10-12(11-16(18)8-9-16)6-7-14(15)13-4-2-1-3-5-13/h6-7,10,13,18H,1-5,8-9,11H2. The van der Waals surface area contributed by atoms with E-state index in [1.807, 2.05) is 0 Å². The van der Waals surface area contributed by atoms with Gasteiger partial charge >= 0.3 is 0 Å². The number of hydrogen-bond donors (Lipinski definition) is 1. The smallest absolute Gasteiger partial charge is 0.0690 e. The van der Waals surface area contributed by atoms with Gasteiger partial charge in [0.05, 0.1) is 5.60 Å². The van der Waals surface area contributed by atoms with Crippen molar-refractivity contribution in [1.82, 2.24) is 0 Å². The van der Waals surface area contributed by atoms with Crippen molar-refractivity contribution in [3.05, 3.63) is 33.8 Å². The molecule has 2 aliphatic carbocycles. The van der Waals surface area contributed by atoms with Gasteiger partial charge in [0.1, 0.15) is 0 Å². The molecule has 0 atom stereocenters. The number of hydrogen-bond acceptors (Lipinski definition) is 1. The molecular weight excluding hydrogens is 288 g/mol. The lowest BCUT2D eigenvalue weighted by atomic mass is 9.84. The van der Waals surface area contributed by atoms with E-state index in [9.17, 15) is 5.11 Å². The van der Waals surface area contributed by atoms with Crippen LogP contribution in [-0.4, -0.2) is 10.7 Å². The molecule has 1 aromatic carbocycles. The average molecular weight is 309 g/mol. The zero-order valence-electron chi connectivity index (χ0n) is 10.8. The number of benzene rings is 1. The molecule has 0 unspecified atom stereocenters.